The van der Waals surface area contributed by atoms with Crippen LogP contribution in [0.2, 0.25) is 0 Å². The molecule has 0 fully saturated rings. The van der Waals surface area contributed by atoms with Crippen molar-refractivity contribution >= 4 is 49.0 Å². The van der Waals surface area contributed by atoms with E-state index >= 15 is 0 Å². The molecule has 0 saturated carbocycles. The van der Waals surface area contributed by atoms with Gasteiger partial charge in [-0.25, -0.2) is 36.3 Å². The Bertz CT molecular complexity index is 1310. The Hall–Kier alpha value is -3.03. The number of nitrogens with one attached hydrogen (secondary N) is 2. The molecular weight excluding hydrogens is 464 g/mol. The number of sulfonamides is 2. The number of thiophene rings is 1. The van der Waals surface area contributed by atoms with Crippen LogP contribution in [-0.2, 0) is 24.8 Å². The molecule has 0 amide bonds. The number of esters is 1. The zero-order valence-corrected chi connectivity index (χ0v) is 19.1. The van der Waals surface area contributed by atoms with Crippen LogP contribution in [0.25, 0.3) is 0 Å². The molecular formula is C18H18N4O6S3. The van der Waals surface area contributed by atoms with Crippen LogP contribution in [0.4, 0.5) is 11.6 Å². The molecule has 10 nitrogen and oxygen atoms in total. The van der Waals surface area contributed by atoms with E-state index in [1.165, 1.54) is 35.7 Å². The number of methoxy groups -OCH3 is 1. The Morgan fingerprint density at radius 1 is 0.935 bits per heavy atom. The number of carbonyl (C=O) groups is 1. The van der Waals surface area contributed by atoms with E-state index in [1.807, 2.05) is 0 Å². The van der Waals surface area contributed by atoms with Gasteiger partial charge in [0.05, 0.1) is 12.0 Å². The molecule has 0 bridgehead atoms. The predicted octanol–water partition coefficient (Wildman–Crippen LogP) is 2.54. The molecule has 3 rings (SSSR count). The van der Waals surface area contributed by atoms with Crippen LogP contribution in [-0.4, -0.2) is 39.9 Å². The number of aromatic nitrogens is 2. The fourth-order valence-corrected chi connectivity index (χ4v) is 5.95. The van der Waals surface area contributed by atoms with Gasteiger partial charge in [0.1, 0.15) is 9.77 Å². The number of rotatable bonds is 7. The first-order chi connectivity index (χ1) is 14.5. The molecule has 2 heterocycles. The van der Waals surface area contributed by atoms with E-state index in [2.05, 4.69) is 24.1 Å². The standard InChI is InChI=1S/C18H18N4O6S3/c1-11-10-12(2)20-18(19-11)22-30(24,25)14-6-4-13(5-7-14)21-31(26,27)15-8-9-29-16(15)17(23)28-3/h4-10,21H,1-3H3,(H,19,20,22). The van der Waals surface area contributed by atoms with E-state index in [-0.39, 0.29) is 26.3 Å². The number of benzene rings is 1. The Labute approximate surface area is 183 Å². The number of hydrogen-bond donors (Lipinski definition) is 2. The van der Waals surface area contributed by atoms with Crippen LogP contribution in [0.3, 0.4) is 0 Å². The quantitative estimate of drug-likeness (QED) is 0.489. The average molecular weight is 483 g/mol. The summed E-state index contributed by atoms with van der Waals surface area (Å²) >= 11 is 0.935. The largest absolute Gasteiger partial charge is 0.465 e. The van der Waals surface area contributed by atoms with E-state index in [0.29, 0.717) is 11.4 Å². The number of anilines is 2. The summed E-state index contributed by atoms with van der Waals surface area (Å²) in [6, 6.07) is 8.04. The first-order valence-electron chi connectivity index (χ1n) is 8.65. The van der Waals surface area contributed by atoms with Crippen molar-refractivity contribution in [1.29, 1.82) is 0 Å². The van der Waals surface area contributed by atoms with Crippen molar-refractivity contribution in [2.75, 3.05) is 16.6 Å². The third-order valence-electron chi connectivity index (χ3n) is 3.91. The zero-order chi connectivity index (χ0) is 22.8. The Kier molecular flexibility index (Phi) is 6.29. The fraction of sp³-hybridized carbons (Fsp3) is 0.167. The number of hydrogen-bond acceptors (Lipinski definition) is 9. The lowest BCUT2D eigenvalue weighted by molar-refractivity contribution is 0.0602. The molecule has 31 heavy (non-hydrogen) atoms. The predicted molar refractivity (Wildman–Crippen MR) is 115 cm³/mol. The van der Waals surface area contributed by atoms with Gasteiger partial charge < -0.3 is 4.74 Å². The maximum atomic E-state index is 12.6. The Morgan fingerprint density at radius 2 is 1.55 bits per heavy atom. The molecule has 0 saturated heterocycles. The van der Waals surface area contributed by atoms with Crippen molar-refractivity contribution in [1.82, 2.24) is 9.97 Å². The van der Waals surface area contributed by atoms with E-state index in [0.717, 1.165) is 18.4 Å². The van der Waals surface area contributed by atoms with Crippen molar-refractivity contribution < 1.29 is 26.4 Å². The van der Waals surface area contributed by atoms with Gasteiger partial charge in [0.2, 0.25) is 5.95 Å². The SMILES string of the molecule is COC(=O)c1sccc1S(=O)(=O)Nc1ccc(S(=O)(=O)Nc2nc(C)cc(C)n2)cc1. The first-order valence-corrected chi connectivity index (χ1v) is 12.5. The van der Waals surface area contributed by atoms with Gasteiger partial charge in [-0.1, -0.05) is 0 Å². The number of carbonyl (C=O) groups excluding carboxylic acids is 1. The van der Waals surface area contributed by atoms with Gasteiger partial charge in [-0.05, 0) is 55.6 Å². The lowest BCUT2D eigenvalue weighted by atomic mass is 10.3. The highest BCUT2D eigenvalue weighted by molar-refractivity contribution is 7.93. The molecule has 2 N–H and O–H groups in total. The number of ether oxygens (including phenoxy) is 1. The van der Waals surface area contributed by atoms with Crippen LogP contribution in [0.1, 0.15) is 21.1 Å². The van der Waals surface area contributed by atoms with E-state index in [1.54, 1.807) is 19.9 Å². The van der Waals surface area contributed by atoms with Crippen molar-refractivity contribution in [2.24, 2.45) is 0 Å². The van der Waals surface area contributed by atoms with Crippen molar-refractivity contribution in [3.8, 4) is 0 Å². The fourth-order valence-electron chi connectivity index (χ4n) is 2.61. The second-order valence-corrected chi connectivity index (χ2v) is 10.6. The highest BCUT2D eigenvalue weighted by Crippen LogP contribution is 2.26. The maximum Gasteiger partial charge on any atom is 0.349 e. The Balaban J connectivity index is 1.81. The molecule has 0 atom stereocenters. The molecule has 0 unspecified atom stereocenters. The molecule has 2 aromatic heterocycles. The summed E-state index contributed by atoms with van der Waals surface area (Å²) in [5.41, 5.74) is 1.33. The summed E-state index contributed by atoms with van der Waals surface area (Å²) in [7, 11) is -6.92. The summed E-state index contributed by atoms with van der Waals surface area (Å²) in [6.45, 7) is 3.43. The number of aryl methyl sites for hydroxylation is 2. The maximum absolute atomic E-state index is 12.6. The summed E-state index contributed by atoms with van der Waals surface area (Å²) in [4.78, 5) is 19.4. The van der Waals surface area contributed by atoms with Crippen LogP contribution in [0.5, 0.6) is 0 Å². The molecule has 3 aromatic rings. The third kappa shape index (κ3) is 5.18. The Morgan fingerprint density at radius 3 is 2.13 bits per heavy atom. The minimum absolute atomic E-state index is 0.0601. The van der Waals surface area contributed by atoms with Crippen LogP contribution in [0, 0.1) is 13.8 Å². The minimum atomic E-state index is -4.09. The van der Waals surface area contributed by atoms with E-state index in [4.69, 9.17) is 0 Å². The first kappa shape index (κ1) is 22.7. The van der Waals surface area contributed by atoms with Crippen LogP contribution >= 0.6 is 11.3 Å². The lowest BCUT2D eigenvalue weighted by Gasteiger charge is -2.10. The van der Waals surface area contributed by atoms with Gasteiger partial charge in [0.25, 0.3) is 20.0 Å². The zero-order valence-electron chi connectivity index (χ0n) is 16.6. The summed E-state index contributed by atoms with van der Waals surface area (Å²) in [5, 5.41) is 1.46. The minimum Gasteiger partial charge on any atom is -0.465 e. The van der Waals surface area contributed by atoms with Gasteiger partial charge in [-0.15, -0.1) is 11.3 Å². The number of nitrogens with zero attached hydrogens (tertiary/aromatic N) is 2. The normalized spacial score (nSPS) is 11.7. The lowest BCUT2D eigenvalue weighted by Crippen LogP contribution is -2.17. The molecule has 1 aromatic carbocycles. The molecule has 164 valence electrons. The second-order valence-electron chi connectivity index (χ2n) is 6.32. The van der Waals surface area contributed by atoms with Gasteiger partial charge in [-0.3, -0.25) is 4.72 Å². The summed E-state index contributed by atoms with van der Waals surface area (Å²) < 4.78 is 59.6. The summed E-state index contributed by atoms with van der Waals surface area (Å²) in [6.07, 6.45) is 0. The topological polar surface area (TPSA) is 144 Å². The highest BCUT2D eigenvalue weighted by Gasteiger charge is 2.25. The van der Waals surface area contributed by atoms with E-state index in [9.17, 15) is 21.6 Å². The molecule has 0 aliphatic heterocycles. The van der Waals surface area contributed by atoms with E-state index < -0.39 is 26.0 Å². The molecule has 0 aliphatic carbocycles. The van der Waals surface area contributed by atoms with Gasteiger partial charge in [-0.2, -0.15) is 0 Å². The summed E-state index contributed by atoms with van der Waals surface area (Å²) in [5.74, 6) is -0.827. The van der Waals surface area contributed by atoms with Crippen molar-refractivity contribution in [3.63, 3.8) is 0 Å². The van der Waals surface area contributed by atoms with Crippen molar-refractivity contribution in [3.05, 3.63) is 58.0 Å². The average Bonchev–Trinajstić information content (AvgIpc) is 3.17. The molecule has 13 heteroatoms. The second kappa shape index (κ2) is 8.61. The smallest absolute Gasteiger partial charge is 0.349 e. The highest BCUT2D eigenvalue weighted by atomic mass is 32.2. The van der Waals surface area contributed by atoms with Crippen molar-refractivity contribution in [2.45, 2.75) is 23.6 Å². The van der Waals surface area contributed by atoms with Gasteiger partial charge >= 0.3 is 5.97 Å². The van der Waals surface area contributed by atoms with Gasteiger partial charge in [0, 0.05) is 17.1 Å². The molecule has 0 aliphatic rings. The monoisotopic (exact) mass is 482 g/mol. The third-order valence-corrected chi connectivity index (χ3v) is 7.71. The van der Waals surface area contributed by atoms with Gasteiger partial charge in [0.15, 0.2) is 0 Å². The van der Waals surface area contributed by atoms with Crippen LogP contribution in [0.15, 0.2) is 51.6 Å². The molecule has 0 radical (unpaired) electrons. The molecule has 0 spiro atoms. The van der Waals surface area contributed by atoms with Crippen LogP contribution < -0.4 is 9.44 Å².